The third-order valence-corrected chi connectivity index (χ3v) is 2.81. The Morgan fingerprint density at radius 2 is 1.89 bits per heavy atom. The van der Waals surface area contributed by atoms with Gasteiger partial charge in [0.15, 0.2) is 5.84 Å². The molecule has 0 aromatic heterocycles. The molecule has 0 fully saturated rings. The minimum absolute atomic E-state index is 0.139. The van der Waals surface area contributed by atoms with Crippen molar-refractivity contribution in [3.63, 3.8) is 0 Å². The average Bonchev–Trinajstić information content (AvgIpc) is 2.33. The first-order valence-corrected chi connectivity index (χ1v) is 6.39. The standard InChI is InChI=1S/C12H24N4O3/c1-4-5-6-16(7-9(13)17)12(18)10(8(2)3)11(14)15-19/h8,10,19H,4-7H2,1-3H3,(H2,13,17)(H2,14,15). The van der Waals surface area contributed by atoms with Gasteiger partial charge in [-0.25, -0.2) is 0 Å². The maximum atomic E-state index is 12.4. The molecule has 0 aliphatic carbocycles. The Balaban J connectivity index is 5.05. The second-order valence-electron chi connectivity index (χ2n) is 4.83. The zero-order valence-electron chi connectivity index (χ0n) is 11.8. The molecule has 1 unspecified atom stereocenters. The second-order valence-corrected chi connectivity index (χ2v) is 4.83. The van der Waals surface area contributed by atoms with Gasteiger partial charge in [0.1, 0.15) is 5.92 Å². The van der Waals surface area contributed by atoms with Crippen LogP contribution in [0.4, 0.5) is 0 Å². The van der Waals surface area contributed by atoms with Gasteiger partial charge in [0.2, 0.25) is 11.8 Å². The van der Waals surface area contributed by atoms with Gasteiger partial charge in [-0.2, -0.15) is 0 Å². The second kappa shape index (κ2) is 8.34. The third-order valence-electron chi connectivity index (χ3n) is 2.81. The van der Waals surface area contributed by atoms with Gasteiger partial charge in [-0.15, -0.1) is 0 Å². The summed E-state index contributed by atoms with van der Waals surface area (Å²) >= 11 is 0. The molecular weight excluding hydrogens is 248 g/mol. The van der Waals surface area contributed by atoms with Crippen LogP contribution in [-0.2, 0) is 9.59 Å². The van der Waals surface area contributed by atoms with Crippen LogP contribution in [-0.4, -0.2) is 40.8 Å². The number of hydrogen-bond donors (Lipinski definition) is 3. The van der Waals surface area contributed by atoms with E-state index in [9.17, 15) is 9.59 Å². The van der Waals surface area contributed by atoms with Crippen molar-refractivity contribution >= 4 is 17.6 Å². The lowest BCUT2D eigenvalue weighted by atomic mass is 9.93. The predicted octanol–water partition coefficient (Wildman–Crippen LogP) is 0.119. The fourth-order valence-electron chi connectivity index (χ4n) is 1.82. The van der Waals surface area contributed by atoms with Crippen molar-refractivity contribution in [2.45, 2.75) is 33.6 Å². The molecule has 0 aliphatic heterocycles. The third kappa shape index (κ3) is 5.58. The van der Waals surface area contributed by atoms with E-state index in [1.165, 1.54) is 4.90 Å². The Labute approximate surface area is 113 Å². The first kappa shape index (κ1) is 17.2. The Kier molecular flexibility index (Phi) is 7.55. The molecule has 5 N–H and O–H groups in total. The van der Waals surface area contributed by atoms with E-state index in [0.717, 1.165) is 12.8 Å². The highest BCUT2D eigenvalue weighted by molar-refractivity contribution is 6.03. The summed E-state index contributed by atoms with van der Waals surface area (Å²) in [6.07, 6.45) is 1.65. The van der Waals surface area contributed by atoms with E-state index in [4.69, 9.17) is 16.7 Å². The van der Waals surface area contributed by atoms with Gasteiger partial charge < -0.3 is 21.6 Å². The van der Waals surface area contributed by atoms with Crippen LogP contribution in [0.5, 0.6) is 0 Å². The largest absolute Gasteiger partial charge is 0.409 e. The summed E-state index contributed by atoms with van der Waals surface area (Å²) < 4.78 is 0. The monoisotopic (exact) mass is 272 g/mol. The molecule has 0 radical (unpaired) electrons. The van der Waals surface area contributed by atoms with E-state index in [1.807, 2.05) is 6.92 Å². The highest BCUT2D eigenvalue weighted by atomic mass is 16.4. The lowest BCUT2D eigenvalue weighted by molar-refractivity contribution is -0.138. The molecule has 19 heavy (non-hydrogen) atoms. The van der Waals surface area contributed by atoms with Crippen molar-refractivity contribution in [1.82, 2.24) is 4.90 Å². The molecule has 0 rings (SSSR count). The molecule has 1 atom stereocenters. The summed E-state index contributed by atoms with van der Waals surface area (Å²) in [5, 5.41) is 11.6. The smallest absolute Gasteiger partial charge is 0.237 e. The number of hydrogen-bond acceptors (Lipinski definition) is 4. The van der Waals surface area contributed by atoms with Crippen molar-refractivity contribution in [1.29, 1.82) is 0 Å². The summed E-state index contributed by atoms with van der Waals surface area (Å²) in [5.74, 6) is -1.95. The van der Waals surface area contributed by atoms with E-state index in [1.54, 1.807) is 13.8 Å². The van der Waals surface area contributed by atoms with E-state index in [2.05, 4.69) is 5.16 Å². The minimum atomic E-state index is -0.749. The number of oxime groups is 1. The zero-order chi connectivity index (χ0) is 15.0. The molecule has 0 bridgehead atoms. The number of amides is 2. The van der Waals surface area contributed by atoms with Crippen molar-refractivity contribution in [2.75, 3.05) is 13.1 Å². The van der Waals surface area contributed by atoms with Gasteiger partial charge in [-0.1, -0.05) is 32.3 Å². The van der Waals surface area contributed by atoms with Gasteiger partial charge in [0, 0.05) is 6.54 Å². The molecule has 0 aromatic carbocycles. The maximum Gasteiger partial charge on any atom is 0.237 e. The van der Waals surface area contributed by atoms with Gasteiger partial charge >= 0.3 is 0 Å². The first-order chi connectivity index (χ1) is 8.84. The normalized spacial score (nSPS) is 13.4. The van der Waals surface area contributed by atoms with Gasteiger partial charge in [-0.05, 0) is 12.3 Å². The van der Waals surface area contributed by atoms with E-state index < -0.39 is 11.8 Å². The van der Waals surface area contributed by atoms with Crippen LogP contribution in [0.25, 0.3) is 0 Å². The fourth-order valence-corrected chi connectivity index (χ4v) is 1.82. The van der Waals surface area contributed by atoms with E-state index >= 15 is 0 Å². The van der Waals surface area contributed by atoms with Crippen molar-refractivity contribution < 1.29 is 14.8 Å². The van der Waals surface area contributed by atoms with Crippen molar-refractivity contribution in [3.8, 4) is 0 Å². The number of carbonyl (C=O) groups is 2. The highest BCUT2D eigenvalue weighted by Gasteiger charge is 2.31. The molecule has 2 amide bonds. The maximum absolute atomic E-state index is 12.4. The quantitative estimate of drug-likeness (QED) is 0.251. The van der Waals surface area contributed by atoms with Crippen LogP contribution in [0.3, 0.4) is 0 Å². The summed E-state index contributed by atoms with van der Waals surface area (Å²) in [5.41, 5.74) is 10.7. The molecule has 0 saturated heterocycles. The van der Waals surface area contributed by atoms with Crippen LogP contribution >= 0.6 is 0 Å². The van der Waals surface area contributed by atoms with Crippen molar-refractivity contribution in [2.24, 2.45) is 28.5 Å². The Hall–Kier alpha value is -1.79. The molecule has 7 nitrogen and oxygen atoms in total. The summed E-state index contributed by atoms with van der Waals surface area (Å²) in [4.78, 5) is 24.8. The molecule has 0 aromatic rings. The lowest BCUT2D eigenvalue weighted by Crippen LogP contribution is -2.47. The van der Waals surface area contributed by atoms with Crippen LogP contribution in [0.1, 0.15) is 33.6 Å². The number of carbonyl (C=O) groups excluding carboxylic acids is 2. The number of unbranched alkanes of at least 4 members (excludes halogenated alkanes) is 1. The molecule has 7 heteroatoms. The van der Waals surface area contributed by atoms with E-state index in [-0.39, 0.29) is 24.2 Å². The number of rotatable bonds is 8. The van der Waals surface area contributed by atoms with Crippen LogP contribution in [0.2, 0.25) is 0 Å². The SMILES string of the molecule is CCCCN(CC(N)=O)C(=O)C(C(N)=NO)C(C)C. The Morgan fingerprint density at radius 1 is 1.32 bits per heavy atom. The molecule has 110 valence electrons. The number of primary amides is 1. The number of nitrogens with zero attached hydrogens (tertiary/aromatic N) is 2. The fraction of sp³-hybridized carbons (Fsp3) is 0.750. The van der Waals surface area contributed by atoms with E-state index in [0.29, 0.717) is 6.54 Å². The summed E-state index contributed by atoms with van der Waals surface area (Å²) in [6.45, 7) is 5.85. The van der Waals surface area contributed by atoms with Crippen LogP contribution in [0, 0.1) is 11.8 Å². The van der Waals surface area contributed by atoms with Gasteiger partial charge in [0.05, 0.1) is 6.54 Å². The number of nitrogens with two attached hydrogens (primary N) is 2. The van der Waals surface area contributed by atoms with Gasteiger partial charge in [0.25, 0.3) is 0 Å². The molecule has 0 saturated carbocycles. The molecular formula is C12H24N4O3. The van der Waals surface area contributed by atoms with Crippen LogP contribution in [0.15, 0.2) is 5.16 Å². The molecule has 0 aliphatic rings. The zero-order valence-corrected chi connectivity index (χ0v) is 11.8. The topological polar surface area (TPSA) is 122 Å². The van der Waals surface area contributed by atoms with Gasteiger partial charge in [-0.3, -0.25) is 9.59 Å². The van der Waals surface area contributed by atoms with Crippen LogP contribution < -0.4 is 11.5 Å². The number of amidine groups is 1. The Morgan fingerprint density at radius 3 is 2.26 bits per heavy atom. The average molecular weight is 272 g/mol. The van der Waals surface area contributed by atoms with Crippen molar-refractivity contribution in [3.05, 3.63) is 0 Å². The first-order valence-electron chi connectivity index (χ1n) is 6.39. The predicted molar refractivity (Wildman–Crippen MR) is 72.4 cm³/mol. The highest BCUT2D eigenvalue weighted by Crippen LogP contribution is 2.15. The molecule has 0 spiro atoms. The summed E-state index contributed by atoms with van der Waals surface area (Å²) in [7, 11) is 0. The Bertz CT molecular complexity index is 342. The molecule has 0 heterocycles. The lowest BCUT2D eigenvalue weighted by Gasteiger charge is -2.27. The minimum Gasteiger partial charge on any atom is -0.409 e. The summed E-state index contributed by atoms with van der Waals surface area (Å²) in [6, 6.07) is 0.